The maximum Gasteiger partial charge on any atom is 0.342 e. The van der Waals surface area contributed by atoms with Crippen LogP contribution in [0, 0.1) is 0 Å². The largest absolute Gasteiger partial charge is 0.507 e. The molecule has 40 heavy (non-hydrogen) atoms. The Morgan fingerprint density at radius 1 is 1.02 bits per heavy atom. The molecule has 1 aliphatic carbocycles. The highest BCUT2D eigenvalue weighted by atomic mass is 35.5. The van der Waals surface area contributed by atoms with Gasteiger partial charge in [0, 0.05) is 23.7 Å². The zero-order valence-corrected chi connectivity index (χ0v) is 23.3. The number of halogens is 2. The van der Waals surface area contributed by atoms with Crippen molar-refractivity contribution in [1.82, 2.24) is 15.1 Å². The zero-order valence-electron chi connectivity index (χ0n) is 21.8. The fourth-order valence-electron chi connectivity index (χ4n) is 4.93. The van der Waals surface area contributed by atoms with E-state index in [-0.39, 0.29) is 33.3 Å². The van der Waals surface area contributed by atoms with Crippen molar-refractivity contribution in [3.63, 3.8) is 0 Å². The summed E-state index contributed by atoms with van der Waals surface area (Å²) >= 11 is 12.4. The average Bonchev–Trinajstić information content (AvgIpc) is 3.63. The van der Waals surface area contributed by atoms with Crippen LogP contribution in [-0.4, -0.2) is 33.9 Å². The summed E-state index contributed by atoms with van der Waals surface area (Å²) in [5.41, 5.74) is 3.08. The number of nitrogens with zero attached hydrogens (tertiary/aromatic N) is 2. The van der Waals surface area contributed by atoms with Crippen molar-refractivity contribution in [2.24, 2.45) is 0 Å². The highest BCUT2D eigenvalue weighted by Crippen LogP contribution is 2.38. The van der Waals surface area contributed by atoms with Gasteiger partial charge in [0.2, 0.25) is 0 Å². The van der Waals surface area contributed by atoms with E-state index in [4.69, 9.17) is 27.9 Å². The first-order chi connectivity index (χ1) is 19.3. The van der Waals surface area contributed by atoms with Gasteiger partial charge >= 0.3 is 6.03 Å². The van der Waals surface area contributed by atoms with Crippen LogP contribution in [0.2, 0.25) is 10.0 Å². The highest BCUT2D eigenvalue weighted by Gasteiger charge is 2.26. The van der Waals surface area contributed by atoms with Gasteiger partial charge in [0.05, 0.1) is 34.1 Å². The first kappa shape index (κ1) is 27.6. The van der Waals surface area contributed by atoms with Crippen molar-refractivity contribution in [1.29, 1.82) is 0 Å². The molecular formula is C30H28Cl2N4O4. The quantitative estimate of drug-likeness (QED) is 0.200. The molecule has 5 rings (SSSR count). The Morgan fingerprint density at radius 3 is 2.40 bits per heavy atom. The number of carbonyl (C=O) groups excluding carboxylic acids is 2. The first-order valence-electron chi connectivity index (χ1n) is 12.9. The van der Waals surface area contributed by atoms with Crippen LogP contribution in [0.15, 0.2) is 66.7 Å². The van der Waals surface area contributed by atoms with Crippen LogP contribution in [0.5, 0.6) is 11.5 Å². The van der Waals surface area contributed by atoms with Crippen molar-refractivity contribution in [2.75, 3.05) is 12.4 Å². The van der Waals surface area contributed by atoms with Crippen LogP contribution in [0.4, 0.5) is 10.5 Å². The Morgan fingerprint density at radius 2 is 1.73 bits per heavy atom. The third kappa shape index (κ3) is 5.93. The first-order valence-corrected chi connectivity index (χ1v) is 13.7. The van der Waals surface area contributed by atoms with Crippen molar-refractivity contribution in [3.05, 3.63) is 93.6 Å². The number of hydrogen-bond donors (Lipinski definition) is 3. The van der Waals surface area contributed by atoms with Crippen molar-refractivity contribution >= 4 is 40.8 Å². The maximum absolute atomic E-state index is 13.3. The number of hydrogen-bond acceptors (Lipinski definition) is 5. The summed E-state index contributed by atoms with van der Waals surface area (Å²) in [5.74, 6) is 0.404. The van der Waals surface area contributed by atoms with Gasteiger partial charge in [-0.25, -0.2) is 4.79 Å². The lowest BCUT2D eigenvalue weighted by Crippen LogP contribution is -2.30. The van der Waals surface area contributed by atoms with Gasteiger partial charge in [-0.05, 0) is 66.9 Å². The molecule has 0 saturated heterocycles. The molecule has 2 amide bonds. The van der Waals surface area contributed by atoms with Crippen LogP contribution in [0.3, 0.4) is 0 Å². The van der Waals surface area contributed by atoms with E-state index in [9.17, 15) is 14.7 Å². The SMILES string of the molecule is COc1ccc(CNC(=O)n2nc(-c3cc(NC(=O)c4c(Cl)cccc4Cl)ccc3O)cc2C2CCCC2)cc1. The van der Waals surface area contributed by atoms with E-state index >= 15 is 0 Å². The number of rotatable bonds is 7. The number of benzene rings is 3. The molecule has 206 valence electrons. The molecule has 0 bridgehead atoms. The second kappa shape index (κ2) is 12.0. The standard InChI is InChI=1S/C30H28Cl2N4O4/c1-40-21-12-9-18(10-13-21)17-33-30(39)36-26(19-5-2-3-6-19)16-25(35-36)22-15-20(11-14-27(22)37)34-29(38)28-23(31)7-4-8-24(28)32/h4,7-16,19,37H,2-3,5-6,17H2,1H3,(H,33,39)(H,34,38). The van der Waals surface area contributed by atoms with E-state index in [0.717, 1.165) is 42.7 Å². The van der Waals surface area contributed by atoms with E-state index in [0.29, 0.717) is 23.5 Å². The molecule has 1 aromatic heterocycles. The highest BCUT2D eigenvalue weighted by molar-refractivity contribution is 6.40. The summed E-state index contributed by atoms with van der Waals surface area (Å²) in [5, 5.41) is 21.5. The third-order valence-corrected chi connectivity index (χ3v) is 7.66. The number of ether oxygens (including phenoxy) is 1. The molecule has 0 radical (unpaired) electrons. The smallest absolute Gasteiger partial charge is 0.342 e. The number of carbonyl (C=O) groups is 2. The number of amides is 2. The molecule has 8 nitrogen and oxygen atoms in total. The van der Waals surface area contributed by atoms with Gasteiger partial charge in [0.25, 0.3) is 5.91 Å². The van der Waals surface area contributed by atoms with Gasteiger partial charge in [-0.2, -0.15) is 9.78 Å². The molecule has 0 spiro atoms. The fourth-order valence-corrected chi connectivity index (χ4v) is 5.49. The number of anilines is 1. The summed E-state index contributed by atoms with van der Waals surface area (Å²) in [4.78, 5) is 26.2. The lowest BCUT2D eigenvalue weighted by Gasteiger charge is -2.12. The monoisotopic (exact) mass is 578 g/mol. The molecule has 0 unspecified atom stereocenters. The lowest BCUT2D eigenvalue weighted by atomic mass is 10.0. The molecule has 0 atom stereocenters. The van der Waals surface area contributed by atoms with E-state index in [1.807, 2.05) is 30.3 Å². The number of nitrogens with one attached hydrogen (secondary N) is 2. The molecule has 3 N–H and O–H groups in total. The van der Waals surface area contributed by atoms with E-state index in [1.165, 1.54) is 10.7 Å². The normalized spacial score (nSPS) is 13.3. The molecule has 4 aromatic rings. The number of phenols is 1. The number of phenolic OH excluding ortho intramolecular Hbond substituents is 1. The zero-order chi connectivity index (χ0) is 28.2. The van der Waals surface area contributed by atoms with Crippen molar-refractivity contribution in [2.45, 2.75) is 38.1 Å². The molecule has 1 heterocycles. The Balaban J connectivity index is 1.41. The maximum atomic E-state index is 13.3. The second-order valence-electron chi connectivity index (χ2n) is 9.64. The Labute approximate surface area is 241 Å². The number of methoxy groups -OCH3 is 1. The van der Waals surface area contributed by atoms with Gasteiger partial charge in [0.15, 0.2) is 0 Å². The summed E-state index contributed by atoms with van der Waals surface area (Å²) in [6.07, 6.45) is 4.07. The van der Waals surface area contributed by atoms with E-state index in [1.54, 1.807) is 37.4 Å². The van der Waals surface area contributed by atoms with Crippen LogP contribution in [-0.2, 0) is 6.54 Å². The van der Waals surface area contributed by atoms with Crippen LogP contribution in [0.1, 0.15) is 53.2 Å². The van der Waals surface area contributed by atoms with Crippen molar-refractivity contribution < 1.29 is 19.4 Å². The second-order valence-corrected chi connectivity index (χ2v) is 10.5. The minimum atomic E-state index is -0.484. The summed E-state index contributed by atoms with van der Waals surface area (Å²) in [7, 11) is 1.60. The minimum Gasteiger partial charge on any atom is -0.507 e. The van der Waals surface area contributed by atoms with Crippen LogP contribution in [0.25, 0.3) is 11.3 Å². The van der Waals surface area contributed by atoms with Crippen LogP contribution >= 0.6 is 23.2 Å². The minimum absolute atomic E-state index is 0.0324. The summed E-state index contributed by atoms with van der Waals surface area (Å²) in [6, 6.07) is 18.4. The number of aromatic hydroxyl groups is 1. The average molecular weight is 579 g/mol. The molecule has 1 saturated carbocycles. The topological polar surface area (TPSA) is 105 Å². The van der Waals surface area contributed by atoms with Gasteiger partial charge < -0.3 is 20.5 Å². The molecule has 0 aliphatic heterocycles. The molecule has 3 aromatic carbocycles. The van der Waals surface area contributed by atoms with Gasteiger partial charge in [-0.3, -0.25) is 4.79 Å². The lowest BCUT2D eigenvalue weighted by molar-refractivity contribution is 0.102. The van der Waals surface area contributed by atoms with Gasteiger partial charge in [-0.15, -0.1) is 0 Å². The summed E-state index contributed by atoms with van der Waals surface area (Å²) in [6.45, 7) is 0.319. The predicted molar refractivity (Wildman–Crippen MR) is 156 cm³/mol. The van der Waals surface area contributed by atoms with Gasteiger partial charge in [0.1, 0.15) is 11.5 Å². The molecule has 10 heteroatoms. The summed E-state index contributed by atoms with van der Waals surface area (Å²) < 4.78 is 6.59. The molecular weight excluding hydrogens is 551 g/mol. The Bertz CT molecular complexity index is 1530. The number of aromatic nitrogens is 2. The fraction of sp³-hybridized carbons (Fsp3) is 0.233. The van der Waals surface area contributed by atoms with E-state index < -0.39 is 5.91 Å². The van der Waals surface area contributed by atoms with Gasteiger partial charge in [-0.1, -0.05) is 54.2 Å². The molecule has 1 aliphatic rings. The molecule has 1 fully saturated rings. The third-order valence-electron chi connectivity index (χ3n) is 7.03. The van der Waals surface area contributed by atoms with Crippen LogP contribution < -0.4 is 15.4 Å². The Hall–Kier alpha value is -4.01. The Kier molecular flexibility index (Phi) is 8.28. The van der Waals surface area contributed by atoms with Crippen molar-refractivity contribution in [3.8, 4) is 22.8 Å². The predicted octanol–water partition coefficient (Wildman–Crippen LogP) is 7.24. The van der Waals surface area contributed by atoms with E-state index in [2.05, 4.69) is 15.7 Å².